The molecule has 0 aliphatic heterocycles. The Morgan fingerprint density at radius 3 is 1.71 bits per heavy atom. The third kappa shape index (κ3) is 9.35. The molecule has 2 atom stereocenters. The zero-order valence-electron chi connectivity index (χ0n) is 28.3. The highest BCUT2D eigenvalue weighted by atomic mass is 16.2. The van der Waals surface area contributed by atoms with Crippen molar-refractivity contribution >= 4 is 23.4 Å². The summed E-state index contributed by atoms with van der Waals surface area (Å²) in [4.78, 5) is 31.1. The van der Waals surface area contributed by atoms with Gasteiger partial charge >= 0.3 is 12.1 Å². The number of nitrogens with two attached hydrogens (primary N) is 1. The molecule has 0 saturated heterocycles. The Morgan fingerprint density at radius 1 is 0.729 bits per heavy atom. The summed E-state index contributed by atoms with van der Waals surface area (Å²) in [5.74, 6) is 0.148. The molecule has 7 nitrogen and oxygen atoms in total. The molecule has 1 fully saturated rings. The van der Waals surface area contributed by atoms with Crippen molar-refractivity contribution in [3.63, 3.8) is 0 Å². The molecule has 7 heteroatoms. The van der Waals surface area contributed by atoms with Crippen LogP contribution in [0.25, 0.3) is 0 Å². The summed E-state index contributed by atoms with van der Waals surface area (Å²) < 4.78 is 0. The number of carbonyl (C=O) groups excluding carboxylic acids is 2. The van der Waals surface area contributed by atoms with Crippen molar-refractivity contribution in [3.8, 4) is 0 Å². The van der Waals surface area contributed by atoms with Gasteiger partial charge in [-0.15, -0.1) is 0 Å². The van der Waals surface area contributed by atoms with Crippen molar-refractivity contribution in [2.24, 2.45) is 5.73 Å². The first-order chi connectivity index (χ1) is 23.3. The minimum atomic E-state index is -0.209. The molecule has 4 aromatic rings. The van der Waals surface area contributed by atoms with E-state index in [-0.39, 0.29) is 43.2 Å². The maximum absolute atomic E-state index is 13.9. The molecule has 0 aromatic heterocycles. The Kier molecular flexibility index (Phi) is 12.1. The zero-order chi connectivity index (χ0) is 33.9. The predicted octanol–water partition coefficient (Wildman–Crippen LogP) is 8.08. The molecule has 1 saturated carbocycles. The van der Waals surface area contributed by atoms with Gasteiger partial charge in [0.15, 0.2) is 0 Å². The summed E-state index contributed by atoms with van der Waals surface area (Å²) in [7, 11) is 0. The van der Waals surface area contributed by atoms with Gasteiger partial charge in [0.2, 0.25) is 0 Å². The lowest BCUT2D eigenvalue weighted by Gasteiger charge is -2.33. The lowest BCUT2D eigenvalue weighted by Crippen LogP contribution is -2.54. The van der Waals surface area contributed by atoms with Crippen LogP contribution < -0.4 is 26.2 Å². The standard InChI is InChI=1S/C41H49N5O2/c1-30-18-22-35(23-19-30)45(40(47)43-27-26-37(33-12-6-4-7-13-33)34-14-8-5-9-15-34)28-32(3)29-46(36-24-20-31(2)21-25-36)41(48)44-39-17-11-10-16-38(39)42/h4-9,12-15,18-25,37-39H,3,10-11,16-17,26-29,42H2,1-2H3,(H,43,47)(H,44,48). The Labute approximate surface area is 285 Å². The van der Waals surface area contributed by atoms with Gasteiger partial charge in [-0.25, -0.2) is 9.59 Å². The topological polar surface area (TPSA) is 90.7 Å². The quantitative estimate of drug-likeness (QED) is 0.136. The molecule has 0 radical (unpaired) electrons. The van der Waals surface area contributed by atoms with Crippen LogP contribution in [0.5, 0.6) is 0 Å². The molecule has 4 amide bonds. The van der Waals surface area contributed by atoms with E-state index in [1.165, 1.54) is 11.1 Å². The van der Waals surface area contributed by atoms with E-state index < -0.39 is 0 Å². The Balaban J connectivity index is 1.31. The summed E-state index contributed by atoms with van der Waals surface area (Å²) in [5, 5.41) is 6.38. The minimum absolute atomic E-state index is 0.0603. The summed E-state index contributed by atoms with van der Waals surface area (Å²) in [6.07, 6.45) is 4.65. The highest BCUT2D eigenvalue weighted by molar-refractivity contribution is 5.94. The van der Waals surface area contributed by atoms with Crippen molar-refractivity contribution < 1.29 is 9.59 Å². The van der Waals surface area contributed by atoms with Gasteiger partial charge in [0.25, 0.3) is 0 Å². The van der Waals surface area contributed by atoms with E-state index in [1.54, 1.807) is 9.80 Å². The smallest absolute Gasteiger partial charge is 0.322 e. The van der Waals surface area contributed by atoms with E-state index in [0.717, 1.165) is 60.2 Å². The van der Waals surface area contributed by atoms with Crippen LogP contribution in [-0.4, -0.2) is 43.8 Å². The summed E-state index contributed by atoms with van der Waals surface area (Å²) in [6.45, 7) is 9.39. The fourth-order valence-corrected chi connectivity index (χ4v) is 6.40. The Hall–Kier alpha value is -4.88. The number of benzene rings is 4. The molecular formula is C41H49N5O2. The number of nitrogens with zero attached hydrogens (tertiary/aromatic N) is 2. The third-order valence-corrected chi connectivity index (χ3v) is 9.19. The number of anilines is 2. The number of aryl methyl sites for hydroxylation is 2. The largest absolute Gasteiger partial charge is 0.338 e. The number of hydrogen-bond donors (Lipinski definition) is 3. The molecule has 4 N–H and O–H groups in total. The van der Waals surface area contributed by atoms with E-state index in [4.69, 9.17) is 5.73 Å². The first-order valence-corrected chi connectivity index (χ1v) is 17.1. The highest BCUT2D eigenvalue weighted by Gasteiger charge is 2.27. The molecule has 4 aromatic carbocycles. The van der Waals surface area contributed by atoms with E-state index in [2.05, 4.69) is 65.7 Å². The van der Waals surface area contributed by atoms with Gasteiger partial charge in [-0.2, -0.15) is 0 Å². The van der Waals surface area contributed by atoms with Crippen LogP contribution in [0.1, 0.15) is 60.3 Å². The van der Waals surface area contributed by atoms with Gasteiger partial charge in [-0.05, 0) is 74.1 Å². The second-order valence-electron chi connectivity index (χ2n) is 13.0. The van der Waals surface area contributed by atoms with Crippen molar-refractivity contribution in [2.45, 2.75) is 64.0 Å². The molecule has 0 spiro atoms. The van der Waals surface area contributed by atoms with Crippen LogP contribution in [0.4, 0.5) is 21.0 Å². The molecule has 2 unspecified atom stereocenters. The number of urea groups is 2. The number of rotatable bonds is 12. The second kappa shape index (κ2) is 16.8. The number of carbonyl (C=O) groups is 2. The van der Waals surface area contributed by atoms with E-state index in [1.807, 2.05) is 74.5 Å². The fraction of sp³-hybridized carbons (Fsp3) is 0.317. The van der Waals surface area contributed by atoms with Crippen molar-refractivity contribution in [2.75, 3.05) is 29.4 Å². The van der Waals surface area contributed by atoms with Crippen LogP contribution >= 0.6 is 0 Å². The second-order valence-corrected chi connectivity index (χ2v) is 13.0. The number of hydrogen-bond acceptors (Lipinski definition) is 3. The number of nitrogens with one attached hydrogen (secondary N) is 2. The average Bonchev–Trinajstić information content (AvgIpc) is 3.10. The van der Waals surface area contributed by atoms with Crippen LogP contribution in [0.15, 0.2) is 121 Å². The molecule has 1 aliphatic rings. The normalized spacial score (nSPS) is 15.8. The summed E-state index contributed by atoms with van der Waals surface area (Å²) in [5.41, 5.74) is 13.3. The molecule has 0 bridgehead atoms. The van der Waals surface area contributed by atoms with Gasteiger partial charge in [-0.3, -0.25) is 9.80 Å². The zero-order valence-corrected chi connectivity index (χ0v) is 28.3. The lowest BCUT2D eigenvalue weighted by atomic mass is 9.88. The monoisotopic (exact) mass is 643 g/mol. The van der Waals surface area contributed by atoms with E-state index in [0.29, 0.717) is 6.54 Å². The van der Waals surface area contributed by atoms with Gasteiger partial charge in [0, 0.05) is 35.9 Å². The Morgan fingerprint density at radius 2 is 1.21 bits per heavy atom. The van der Waals surface area contributed by atoms with E-state index in [9.17, 15) is 9.59 Å². The highest BCUT2D eigenvalue weighted by Crippen LogP contribution is 2.28. The molecular weight excluding hydrogens is 594 g/mol. The summed E-state index contributed by atoms with van der Waals surface area (Å²) >= 11 is 0. The molecule has 250 valence electrons. The molecule has 1 aliphatic carbocycles. The van der Waals surface area contributed by atoms with Crippen LogP contribution in [0.3, 0.4) is 0 Å². The van der Waals surface area contributed by atoms with E-state index >= 15 is 0 Å². The molecule has 48 heavy (non-hydrogen) atoms. The van der Waals surface area contributed by atoms with Crippen LogP contribution in [-0.2, 0) is 0 Å². The average molecular weight is 644 g/mol. The minimum Gasteiger partial charge on any atom is -0.338 e. The Bertz CT molecular complexity index is 1580. The predicted molar refractivity (Wildman–Crippen MR) is 198 cm³/mol. The van der Waals surface area contributed by atoms with Gasteiger partial charge < -0.3 is 16.4 Å². The van der Waals surface area contributed by atoms with Crippen molar-refractivity contribution in [1.29, 1.82) is 0 Å². The number of amides is 4. The fourth-order valence-electron chi connectivity index (χ4n) is 6.40. The maximum Gasteiger partial charge on any atom is 0.322 e. The molecule has 5 rings (SSSR count). The summed E-state index contributed by atoms with van der Waals surface area (Å²) in [6, 6.07) is 36.1. The third-order valence-electron chi connectivity index (χ3n) is 9.19. The van der Waals surface area contributed by atoms with Gasteiger partial charge in [0.1, 0.15) is 0 Å². The molecule has 0 heterocycles. The van der Waals surface area contributed by atoms with Crippen molar-refractivity contribution in [1.82, 2.24) is 10.6 Å². The SMILES string of the molecule is C=C(CN(C(=O)NCCC(c1ccccc1)c1ccccc1)c1ccc(C)cc1)CN(C(=O)NC1CCCCC1N)c1ccc(C)cc1. The maximum atomic E-state index is 13.9. The van der Waals surface area contributed by atoms with Gasteiger partial charge in [0.05, 0.1) is 13.1 Å². The van der Waals surface area contributed by atoms with Crippen LogP contribution in [0.2, 0.25) is 0 Å². The van der Waals surface area contributed by atoms with Crippen molar-refractivity contribution in [3.05, 3.63) is 144 Å². The first-order valence-electron chi connectivity index (χ1n) is 17.1. The van der Waals surface area contributed by atoms with Gasteiger partial charge in [-0.1, -0.05) is 115 Å². The first kappa shape index (κ1) is 34.5. The lowest BCUT2D eigenvalue weighted by molar-refractivity contribution is 0.235. The van der Waals surface area contributed by atoms with Crippen LogP contribution in [0, 0.1) is 13.8 Å².